The lowest BCUT2D eigenvalue weighted by molar-refractivity contribution is 0.147. The lowest BCUT2D eigenvalue weighted by atomic mass is 10.3. The minimum Gasteiger partial charge on any atom is -0.307 e. The fraction of sp³-hybridized carbons (Fsp3) is 0.364. The lowest BCUT2D eigenvalue weighted by Crippen LogP contribution is -1.81. The number of nitrogens with zero attached hydrogens (tertiary/aromatic N) is 2. The van der Waals surface area contributed by atoms with Gasteiger partial charge in [0.2, 0.25) is 0 Å². The van der Waals surface area contributed by atoms with Crippen molar-refractivity contribution in [2.24, 2.45) is 0 Å². The van der Waals surface area contributed by atoms with E-state index in [1.807, 2.05) is 26.8 Å². The average molecular weight is 212 g/mol. The first-order valence-electron chi connectivity index (χ1n) is 4.90. The van der Waals surface area contributed by atoms with Crippen LogP contribution >= 0.6 is 0 Å². The van der Waals surface area contributed by atoms with Crippen molar-refractivity contribution in [3.8, 4) is 0 Å². The van der Waals surface area contributed by atoms with Gasteiger partial charge in [0, 0.05) is 12.4 Å². The molecule has 2 aromatic heterocycles. The minimum absolute atomic E-state index is 0.175. The van der Waals surface area contributed by atoms with Crippen LogP contribution in [0.4, 0.5) is 8.78 Å². The van der Waals surface area contributed by atoms with Gasteiger partial charge in [0.25, 0.3) is 6.43 Å². The van der Waals surface area contributed by atoms with E-state index in [0.29, 0.717) is 5.65 Å². The normalized spacial score (nSPS) is 10.3. The zero-order valence-electron chi connectivity index (χ0n) is 9.04. The number of alkyl halides is 2. The van der Waals surface area contributed by atoms with Crippen LogP contribution in [0.2, 0.25) is 0 Å². The van der Waals surface area contributed by atoms with E-state index in [4.69, 9.17) is 0 Å². The summed E-state index contributed by atoms with van der Waals surface area (Å²) in [5.74, 6) is 0. The van der Waals surface area contributed by atoms with Crippen molar-refractivity contribution < 1.29 is 8.78 Å². The molecule has 0 aliphatic carbocycles. The number of aryl methyl sites for hydroxylation is 1. The minimum atomic E-state index is -2.50. The number of aromatic nitrogens is 2. The Bertz CT molecular complexity index is 435. The number of fused-ring (bicyclic) bond motifs is 1. The zero-order chi connectivity index (χ0) is 11.4. The van der Waals surface area contributed by atoms with Gasteiger partial charge in [-0.05, 0) is 24.6 Å². The number of hydrogen-bond donors (Lipinski definition) is 0. The summed E-state index contributed by atoms with van der Waals surface area (Å²) >= 11 is 0. The maximum Gasteiger partial charge on any atom is 0.281 e. The highest BCUT2D eigenvalue weighted by Gasteiger charge is 2.11. The Morgan fingerprint density at radius 1 is 1.33 bits per heavy atom. The van der Waals surface area contributed by atoms with E-state index in [1.54, 1.807) is 16.7 Å². The summed E-state index contributed by atoms with van der Waals surface area (Å²) < 4.78 is 26.1. The van der Waals surface area contributed by atoms with Crippen LogP contribution in [-0.4, -0.2) is 9.38 Å². The molecule has 0 fully saturated rings. The molecule has 0 amide bonds. The van der Waals surface area contributed by atoms with E-state index in [2.05, 4.69) is 4.98 Å². The predicted octanol–water partition coefficient (Wildman–Crippen LogP) is 3.61. The number of pyridine rings is 1. The highest BCUT2D eigenvalue weighted by molar-refractivity contribution is 5.42. The summed E-state index contributed by atoms with van der Waals surface area (Å²) in [6.07, 6.45) is 0.573. The van der Waals surface area contributed by atoms with Crippen LogP contribution in [0.5, 0.6) is 0 Å². The maximum atomic E-state index is 12.2. The fourth-order valence-electron chi connectivity index (χ4n) is 1.21. The quantitative estimate of drug-likeness (QED) is 0.705. The van der Waals surface area contributed by atoms with Crippen LogP contribution in [0.1, 0.15) is 31.5 Å². The van der Waals surface area contributed by atoms with E-state index in [0.717, 1.165) is 5.56 Å². The van der Waals surface area contributed by atoms with Gasteiger partial charge in [0.05, 0.1) is 0 Å². The Balaban J connectivity index is 0.000000531. The molecule has 2 rings (SSSR count). The molecule has 0 spiro atoms. The van der Waals surface area contributed by atoms with Crippen LogP contribution in [0.15, 0.2) is 24.5 Å². The van der Waals surface area contributed by atoms with Crippen LogP contribution in [0, 0.1) is 6.92 Å². The van der Waals surface area contributed by atoms with Crippen molar-refractivity contribution in [2.75, 3.05) is 0 Å². The summed E-state index contributed by atoms with van der Waals surface area (Å²) in [4.78, 5) is 3.79. The van der Waals surface area contributed by atoms with Gasteiger partial charge < -0.3 is 4.40 Å². The van der Waals surface area contributed by atoms with Crippen molar-refractivity contribution in [1.82, 2.24) is 9.38 Å². The maximum absolute atomic E-state index is 12.2. The number of rotatable bonds is 1. The second-order valence-corrected chi connectivity index (χ2v) is 2.94. The monoisotopic (exact) mass is 212 g/mol. The molecular weight excluding hydrogens is 198 g/mol. The number of halogens is 2. The van der Waals surface area contributed by atoms with Crippen LogP contribution in [0.25, 0.3) is 5.65 Å². The van der Waals surface area contributed by atoms with Gasteiger partial charge in [-0.3, -0.25) is 0 Å². The first-order chi connectivity index (χ1) is 7.16. The van der Waals surface area contributed by atoms with Crippen LogP contribution < -0.4 is 0 Å². The van der Waals surface area contributed by atoms with Crippen LogP contribution in [0.3, 0.4) is 0 Å². The molecule has 2 nitrogen and oxygen atoms in total. The summed E-state index contributed by atoms with van der Waals surface area (Å²) in [7, 11) is 0. The summed E-state index contributed by atoms with van der Waals surface area (Å²) in [5, 5.41) is 0. The third-order valence-corrected chi connectivity index (χ3v) is 1.86. The molecule has 0 saturated heterocycles. The molecule has 82 valence electrons. The highest BCUT2D eigenvalue weighted by Crippen LogP contribution is 2.18. The Morgan fingerprint density at radius 2 is 2.00 bits per heavy atom. The fourth-order valence-corrected chi connectivity index (χ4v) is 1.21. The standard InChI is InChI=1S/C9H8F2N2.C2H6/c1-6-2-3-13-5-7(9(10)11)12-8(13)4-6;1-2/h2-5,9H,1H3;1-2H3. The lowest BCUT2D eigenvalue weighted by Gasteiger charge is -1.92. The molecule has 0 aromatic carbocycles. The molecule has 0 aliphatic rings. The molecule has 0 atom stereocenters. The Morgan fingerprint density at radius 3 is 2.60 bits per heavy atom. The van der Waals surface area contributed by atoms with Crippen LogP contribution in [-0.2, 0) is 0 Å². The zero-order valence-corrected chi connectivity index (χ0v) is 9.04. The van der Waals surface area contributed by atoms with Gasteiger partial charge in [0.15, 0.2) is 0 Å². The van der Waals surface area contributed by atoms with E-state index >= 15 is 0 Å². The number of imidazole rings is 1. The van der Waals surface area contributed by atoms with Crippen molar-refractivity contribution >= 4 is 5.65 Å². The van der Waals surface area contributed by atoms with Gasteiger partial charge in [-0.15, -0.1) is 0 Å². The Hall–Kier alpha value is -1.45. The SMILES string of the molecule is CC.Cc1ccn2cc(C(F)F)nc2c1. The van der Waals surface area contributed by atoms with Gasteiger partial charge in [-0.1, -0.05) is 13.8 Å². The van der Waals surface area contributed by atoms with Gasteiger partial charge >= 0.3 is 0 Å². The average Bonchev–Trinajstić information content (AvgIpc) is 2.63. The summed E-state index contributed by atoms with van der Waals surface area (Å²) in [6.45, 7) is 5.90. The second kappa shape index (κ2) is 4.87. The first-order valence-corrected chi connectivity index (χ1v) is 4.90. The topological polar surface area (TPSA) is 17.3 Å². The predicted molar refractivity (Wildman–Crippen MR) is 56.2 cm³/mol. The first kappa shape index (κ1) is 11.6. The second-order valence-electron chi connectivity index (χ2n) is 2.94. The highest BCUT2D eigenvalue weighted by atomic mass is 19.3. The smallest absolute Gasteiger partial charge is 0.281 e. The van der Waals surface area contributed by atoms with Crippen molar-refractivity contribution in [1.29, 1.82) is 0 Å². The van der Waals surface area contributed by atoms with Gasteiger partial charge in [0.1, 0.15) is 11.3 Å². The third-order valence-electron chi connectivity index (χ3n) is 1.86. The van der Waals surface area contributed by atoms with Crippen molar-refractivity contribution in [3.63, 3.8) is 0 Å². The molecule has 2 aromatic rings. The molecule has 0 saturated carbocycles. The summed E-state index contributed by atoms with van der Waals surface area (Å²) in [6, 6.07) is 3.62. The molecular formula is C11H14F2N2. The van der Waals surface area contributed by atoms with E-state index in [9.17, 15) is 8.78 Å². The molecule has 4 heteroatoms. The molecule has 0 unspecified atom stereocenters. The van der Waals surface area contributed by atoms with Crippen molar-refractivity contribution in [2.45, 2.75) is 27.2 Å². The van der Waals surface area contributed by atoms with E-state index < -0.39 is 6.43 Å². The van der Waals surface area contributed by atoms with E-state index in [-0.39, 0.29) is 5.69 Å². The third kappa shape index (κ3) is 2.52. The molecule has 0 radical (unpaired) electrons. The molecule has 2 heterocycles. The molecule has 0 bridgehead atoms. The molecule has 0 N–H and O–H groups in total. The Kier molecular flexibility index (Phi) is 3.77. The van der Waals surface area contributed by atoms with Gasteiger partial charge in [-0.25, -0.2) is 13.8 Å². The number of hydrogen-bond acceptors (Lipinski definition) is 1. The largest absolute Gasteiger partial charge is 0.307 e. The van der Waals surface area contributed by atoms with Gasteiger partial charge in [-0.2, -0.15) is 0 Å². The van der Waals surface area contributed by atoms with E-state index in [1.165, 1.54) is 6.20 Å². The van der Waals surface area contributed by atoms with Crippen molar-refractivity contribution in [3.05, 3.63) is 35.8 Å². The molecule has 15 heavy (non-hydrogen) atoms. The summed E-state index contributed by atoms with van der Waals surface area (Å²) in [5.41, 5.74) is 1.40. The Labute approximate surface area is 87.6 Å². The molecule has 0 aliphatic heterocycles.